The second-order valence-corrected chi connectivity index (χ2v) is 10.2. The quantitative estimate of drug-likeness (QED) is 0.506. The lowest BCUT2D eigenvalue weighted by Crippen LogP contribution is -2.50. The first-order valence-electron chi connectivity index (χ1n) is 11.7. The zero-order chi connectivity index (χ0) is 24.5. The monoisotopic (exact) mass is 469 g/mol. The van der Waals surface area contributed by atoms with Gasteiger partial charge in [-0.15, -0.1) is 0 Å². The number of amides is 1. The molecule has 2 aliphatic rings. The van der Waals surface area contributed by atoms with Gasteiger partial charge in [-0.1, -0.05) is 0 Å². The predicted molar refractivity (Wildman–Crippen MR) is 125 cm³/mol. The number of hydrogen-bond donors (Lipinski definition) is 3. The Morgan fingerprint density at radius 1 is 1.41 bits per heavy atom. The number of nitrogens with one attached hydrogen (secondary N) is 1. The molecule has 1 saturated heterocycles. The first-order valence-corrected chi connectivity index (χ1v) is 11.7. The standard InChI is InChI=1S/C24H32FN7O2/c1-23(2,34)17-11-16(12-17)14-31-9-5-24(4-7-26,6-10-31)32-15-19(21(27)33)22(30-32)29-18-3-8-28-20(25)13-18/h3,8,13,15-17,34H,4-6,9-12,14H2,1-2H3,(H2,27,33)(H,28,29,30). The van der Waals surface area contributed by atoms with E-state index in [1.54, 1.807) is 16.9 Å². The molecule has 0 unspecified atom stereocenters. The molecule has 4 rings (SSSR count). The Kier molecular flexibility index (Phi) is 6.60. The van der Waals surface area contributed by atoms with Gasteiger partial charge >= 0.3 is 0 Å². The lowest BCUT2D eigenvalue weighted by atomic mass is 9.67. The van der Waals surface area contributed by atoms with Crippen LogP contribution < -0.4 is 11.1 Å². The molecule has 1 amide bonds. The number of carbonyl (C=O) groups is 1. The van der Waals surface area contributed by atoms with E-state index in [-0.39, 0.29) is 17.8 Å². The average molecular weight is 470 g/mol. The van der Waals surface area contributed by atoms with Gasteiger partial charge in [-0.2, -0.15) is 14.8 Å². The molecule has 0 spiro atoms. The minimum atomic E-state index is -0.654. The highest BCUT2D eigenvalue weighted by molar-refractivity contribution is 5.98. The number of carbonyl (C=O) groups excluding carboxylic acids is 1. The van der Waals surface area contributed by atoms with E-state index in [1.807, 2.05) is 13.8 Å². The average Bonchev–Trinajstić information content (AvgIpc) is 3.15. The maximum Gasteiger partial charge on any atom is 0.254 e. The van der Waals surface area contributed by atoms with E-state index in [9.17, 15) is 19.6 Å². The minimum Gasteiger partial charge on any atom is -0.390 e. The fourth-order valence-corrected chi connectivity index (χ4v) is 5.12. The highest BCUT2D eigenvalue weighted by Gasteiger charge is 2.42. The van der Waals surface area contributed by atoms with Gasteiger partial charge in [0.1, 0.15) is 5.56 Å². The number of nitrogens with two attached hydrogens (primary N) is 1. The third-order valence-corrected chi connectivity index (χ3v) is 7.40. The number of rotatable bonds is 8. The van der Waals surface area contributed by atoms with Crippen molar-refractivity contribution in [1.82, 2.24) is 19.7 Å². The summed E-state index contributed by atoms with van der Waals surface area (Å²) in [4.78, 5) is 18.0. The van der Waals surface area contributed by atoms with Crippen LogP contribution in [0.4, 0.5) is 15.9 Å². The number of piperidine rings is 1. The molecule has 0 bridgehead atoms. The van der Waals surface area contributed by atoms with Crippen molar-refractivity contribution >= 4 is 17.4 Å². The fraction of sp³-hybridized carbons (Fsp3) is 0.583. The zero-order valence-corrected chi connectivity index (χ0v) is 19.7. The normalized spacial score (nSPS) is 22.6. The van der Waals surface area contributed by atoms with Crippen molar-refractivity contribution in [2.24, 2.45) is 17.6 Å². The van der Waals surface area contributed by atoms with Gasteiger partial charge in [-0.05, 0) is 57.4 Å². The maximum absolute atomic E-state index is 13.5. The van der Waals surface area contributed by atoms with Crippen LogP contribution in [0.15, 0.2) is 24.5 Å². The van der Waals surface area contributed by atoms with E-state index in [0.29, 0.717) is 30.4 Å². The van der Waals surface area contributed by atoms with E-state index in [2.05, 4.69) is 26.4 Å². The first-order chi connectivity index (χ1) is 16.1. The third kappa shape index (κ3) is 5.05. The molecule has 2 aromatic heterocycles. The number of halogens is 1. The number of aromatic nitrogens is 3. The lowest BCUT2D eigenvalue weighted by Gasteiger charge is -2.46. The Morgan fingerprint density at radius 3 is 2.71 bits per heavy atom. The molecule has 4 N–H and O–H groups in total. The van der Waals surface area contributed by atoms with Gasteiger partial charge in [0, 0.05) is 43.8 Å². The van der Waals surface area contributed by atoms with E-state index < -0.39 is 23.0 Å². The van der Waals surface area contributed by atoms with Gasteiger partial charge in [0.05, 0.1) is 23.6 Å². The molecule has 1 saturated carbocycles. The molecule has 9 nitrogen and oxygen atoms in total. The Bertz CT molecular complexity index is 1070. The molecule has 3 heterocycles. The Labute approximate surface area is 198 Å². The second-order valence-electron chi connectivity index (χ2n) is 10.2. The molecule has 2 aromatic rings. The summed E-state index contributed by atoms with van der Waals surface area (Å²) in [5, 5.41) is 27.3. The van der Waals surface area contributed by atoms with Gasteiger partial charge < -0.3 is 21.1 Å². The van der Waals surface area contributed by atoms with Crippen LogP contribution in [-0.2, 0) is 5.54 Å². The van der Waals surface area contributed by atoms with Gasteiger partial charge in [0.2, 0.25) is 5.95 Å². The molecule has 1 aliphatic heterocycles. The van der Waals surface area contributed by atoms with Crippen LogP contribution in [0.3, 0.4) is 0 Å². The van der Waals surface area contributed by atoms with Crippen molar-refractivity contribution in [3.63, 3.8) is 0 Å². The maximum atomic E-state index is 13.5. The molecule has 182 valence electrons. The predicted octanol–water partition coefficient (Wildman–Crippen LogP) is 2.76. The van der Waals surface area contributed by atoms with Crippen molar-refractivity contribution in [1.29, 1.82) is 5.26 Å². The highest BCUT2D eigenvalue weighted by atomic mass is 19.1. The summed E-state index contributed by atoms with van der Waals surface area (Å²) in [7, 11) is 0. The number of pyridine rings is 1. The number of anilines is 2. The third-order valence-electron chi connectivity index (χ3n) is 7.40. The molecule has 2 fully saturated rings. The van der Waals surface area contributed by atoms with Crippen LogP contribution in [0.5, 0.6) is 0 Å². The summed E-state index contributed by atoms with van der Waals surface area (Å²) in [6, 6.07) is 5.06. The minimum absolute atomic E-state index is 0.184. The SMILES string of the molecule is CC(C)(O)C1CC(CN2CCC(CC#N)(n3cc(C(N)=O)c(Nc4ccnc(F)c4)n3)CC2)C1. The second kappa shape index (κ2) is 9.31. The molecular formula is C24H32FN7O2. The summed E-state index contributed by atoms with van der Waals surface area (Å²) in [6.07, 6.45) is 6.67. The van der Waals surface area contributed by atoms with Crippen molar-refractivity contribution in [3.8, 4) is 6.07 Å². The number of likely N-dealkylation sites (tertiary alicyclic amines) is 1. The number of hydrogen-bond acceptors (Lipinski definition) is 7. The van der Waals surface area contributed by atoms with Crippen molar-refractivity contribution in [2.75, 3.05) is 25.0 Å². The van der Waals surface area contributed by atoms with Crippen LogP contribution in [0.25, 0.3) is 0 Å². The summed E-state index contributed by atoms with van der Waals surface area (Å²) >= 11 is 0. The first kappa shape index (κ1) is 24.1. The van der Waals surface area contributed by atoms with Crippen LogP contribution in [0.1, 0.15) is 56.3 Å². The van der Waals surface area contributed by atoms with Gasteiger partial charge in [-0.3, -0.25) is 9.48 Å². The fourth-order valence-electron chi connectivity index (χ4n) is 5.12. The number of aliphatic hydroxyl groups is 1. The van der Waals surface area contributed by atoms with Crippen LogP contribution in [0, 0.1) is 29.1 Å². The Balaban J connectivity index is 1.47. The van der Waals surface area contributed by atoms with Gasteiger partial charge in [0.25, 0.3) is 5.91 Å². The van der Waals surface area contributed by atoms with E-state index in [4.69, 9.17) is 5.73 Å². The smallest absolute Gasteiger partial charge is 0.254 e. The van der Waals surface area contributed by atoms with E-state index in [0.717, 1.165) is 32.5 Å². The topological polar surface area (TPSA) is 133 Å². The van der Waals surface area contributed by atoms with Gasteiger partial charge in [-0.25, -0.2) is 4.98 Å². The molecular weight excluding hydrogens is 437 g/mol. The largest absolute Gasteiger partial charge is 0.390 e. The zero-order valence-electron chi connectivity index (χ0n) is 19.7. The summed E-state index contributed by atoms with van der Waals surface area (Å²) < 4.78 is 15.2. The molecule has 34 heavy (non-hydrogen) atoms. The van der Waals surface area contributed by atoms with E-state index >= 15 is 0 Å². The molecule has 0 radical (unpaired) electrons. The van der Waals surface area contributed by atoms with Crippen LogP contribution >= 0.6 is 0 Å². The molecule has 1 aliphatic carbocycles. The number of primary amides is 1. The van der Waals surface area contributed by atoms with Crippen molar-refractivity contribution in [2.45, 2.75) is 57.1 Å². The highest BCUT2D eigenvalue weighted by Crippen LogP contribution is 2.42. The summed E-state index contributed by atoms with van der Waals surface area (Å²) in [6.45, 7) is 6.37. The van der Waals surface area contributed by atoms with Gasteiger partial charge in [0.15, 0.2) is 5.82 Å². The summed E-state index contributed by atoms with van der Waals surface area (Å²) in [5.74, 6) is -0.137. The number of nitrogens with zero attached hydrogens (tertiary/aromatic N) is 5. The van der Waals surface area contributed by atoms with E-state index in [1.165, 1.54) is 12.3 Å². The van der Waals surface area contributed by atoms with Crippen LogP contribution in [-0.4, -0.2) is 55.9 Å². The Hall–Kier alpha value is -3.03. The van der Waals surface area contributed by atoms with Crippen LogP contribution in [0.2, 0.25) is 0 Å². The van der Waals surface area contributed by atoms with Crippen molar-refractivity contribution in [3.05, 3.63) is 36.0 Å². The van der Waals surface area contributed by atoms with Crippen molar-refractivity contribution < 1.29 is 14.3 Å². The molecule has 0 aromatic carbocycles. The molecule has 0 atom stereocenters. The lowest BCUT2D eigenvalue weighted by molar-refractivity contribution is -0.0523. The Morgan fingerprint density at radius 2 is 2.12 bits per heavy atom. The molecule has 10 heteroatoms. The summed E-state index contributed by atoms with van der Waals surface area (Å²) in [5.41, 5.74) is 5.00. The number of nitriles is 1.